The second-order valence-corrected chi connectivity index (χ2v) is 11.1. The van der Waals surface area contributed by atoms with E-state index in [0.717, 1.165) is 54.9 Å². The molecule has 0 saturated heterocycles. The van der Waals surface area contributed by atoms with Crippen LogP contribution in [-0.4, -0.2) is 28.7 Å². The normalized spacial score (nSPS) is 18.2. The van der Waals surface area contributed by atoms with E-state index in [1.54, 1.807) is 0 Å². The van der Waals surface area contributed by atoms with Crippen molar-refractivity contribution in [1.29, 1.82) is 0 Å². The van der Waals surface area contributed by atoms with Crippen molar-refractivity contribution < 1.29 is 9.84 Å². The Hall–Kier alpha value is -3.04. The summed E-state index contributed by atoms with van der Waals surface area (Å²) in [5.74, 6) is 1.56. The summed E-state index contributed by atoms with van der Waals surface area (Å²) in [6.07, 6.45) is 9.00. The predicted molar refractivity (Wildman–Crippen MR) is 151 cm³/mol. The molecule has 0 amide bonds. The lowest BCUT2D eigenvalue weighted by Crippen LogP contribution is -2.31. The molecule has 0 radical (unpaired) electrons. The van der Waals surface area contributed by atoms with Crippen LogP contribution in [0.1, 0.15) is 76.0 Å². The first kappa shape index (κ1) is 24.6. The fourth-order valence-corrected chi connectivity index (χ4v) is 5.61. The van der Waals surface area contributed by atoms with Gasteiger partial charge in [-0.15, -0.1) is 0 Å². The van der Waals surface area contributed by atoms with Crippen molar-refractivity contribution in [2.24, 2.45) is 0 Å². The number of fused-ring (bicyclic) bond motifs is 2. The zero-order valence-corrected chi connectivity index (χ0v) is 22.2. The van der Waals surface area contributed by atoms with Crippen molar-refractivity contribution in [2.75, 3.05) is 13.1 Å². The van der Waals surface area contributed by atoms with E-state index in [1.165, 1.54) is 34.8 Å². The van der Waals surface area contributed by atoms with Gasteiger partial charge in [0, 0.05) is 19.6 Å². The van der Waals surface area contributed by atoms with E-state index in [-0.39, 0.29) is 0 Å². The van der Waals surface area contributed by atoms with Crippen LogP contribution in [0.2, 0.25) is 0 Å². The number of allylic oxidation sites excluding steroid dienone is 1. The van der Waals surface area contributed by atoms with E-state index in [1.807, 2.05) is 6.07 Å². The monoisotopic (exact) mass is 481 g/mol. The molecule has 3 aromatic rings. The Kier molecular flexibility index (Phi) is 6.94. The number of unbranched alkanes of at least 4 members (excludes halogenated alkanes) is 1. The largest absolute Gasteiger partial charge is 0.507 e. The van der Waals surface area contributed by atoms with Gasteiger partial charge in [-0.2, -0.15) is 0 Å². The zero-order chi connectivity index (χ0) is 25.3. The second-order valence-electron chi connectivity index (χ2n) is 11.1. The third-order valence-electron chi connectivity index (χ3n) is 7.66. The number of phenols is 1. The lowest BCUT2D eigenvalue weighted by molar-refractivity contribution is 0.157. The van der Waals surface area contributed by atoms with Crippen molar-refractivity contribution in [3.05, 3.63) is 89.0 Å². The lowest BCUT2D eigenvalue weighted by atomic mass is 9.84. The molecule has 1 atom stereocenters. The average molecular weight is 482 g/mol. The molecule has 1 unspecified atom stereocenters. The van der Waals surface area contributed by atoms with Crippen molar-refractivity contribution in [3.63, 3.8) is 0 Å². The number of benzene rings is 3. The van der Waals surface area contributed by atoms with Gasteiger partial charge in [0.15, 0.2) is 0 Å². The molecule has 0 spiro atoms. The molecular formula is C33H39NO2. The van der Waals surface area contributed by atoms with Crippen LogP contribution in [0.25, 0.3) is 16.3 Å². The van der Waals surface area contributed by atoms with Gasteiger partial charge in [0.1, 0.15) is 17.1 Å². The summed E-state index contributed by atoms with van der Waals surface area (Å²) in [5, 5.41) is 13.7. The van der Waals surface area contributed by atoms with Crippen LogP contribution in [0.4, 0.5) is 0 Å². The van der Waals surface area contributed by atoms with Gasteiger partial charge in [-0.3, -0.25) is 4.90 Å². The lowest BCUT2D eigenvalue weighted by Gasteiger charge is -2.35. The summed E-state index contributed by atoms with van der Waals surface area (Å²) in [6.45, 7) is 11.5. The molecule has 5 rings (SSSR count). The van der Waals surface area contributed by atoms with E-state index < -0.39 is 5.60 Å². The number of hydrogen-bond acceptors (Lipinski definition) is 3. The van der Waals surface area contributed by atoms with Gasteiger partial charge in [-0.25, -0.2) is 0 Å². The number of aromatic hydroxyl groups is 1. The van der Waals surface area contributed by atoms with Gasteiger partial charge < -0.3 is 9.84 Å². The molecule has 3 aromatic carbocycles. The third kappa shape index (κ3) is 5.22. The highest BCUT2D eigenvalue weighted by molar-refractivity contribution is 5.87. The summed E-state index contributed by atoms with van der Waals surface area (Å²) in [5.41, 5.74) is 5.40. The van der Waals surface area contributed by atoms with E-state index in [9.17, 15) is 5.11 Å². The van der Waals surface area contributed by atoms with Crippen LogP contribution in [0.5, 0.6) is 11.5 Å². The maximum Gasteiger partial charge on any atom is 0.132 e. The number of rotatable bonds is 7. The quantitative estimate of drug-likeness (QED) is 0.369. The summed E-state index contributed by atoms with van der Waals surface area (Å²) in [4.78, 5) is 2.50. The van der Waals surface area contributed by atoms with Gasteiger partial charge in [-0.1, -0.05) is 69.2 Å². The molecule has 0 aliphatic carbocycles. The minimum Gasteiger partial charge on any atom is -0.507 e. The Morgan fingerprint density at radius 3 is 2.61 bits per heavy atom. The summed E-state index contributed by atoms with van der Waals surface area (Å²) < 4.78 is 6.38. The number of phenolic OH excluding ortho intramolecular Hbond substituents is 1. The third-order valence-corrected chi connectivity index (χ3v) is 7.66. The Bertz CT molecular complexity index is 1320. The van der Waals surface area contributed by atoms with Gasteiger partial charge in [-0.05, 0) is 89.9 Å². The summed E-state index contributed by atoms with van der Waals surface area (Å²) in [7, 11) is 0. The van der Waals surface area contributed by atoms with Crippen molar-refractivity contribution >= 4 is 16.3 Å². The fraction of sp³-hybridized carbons (Fsp3) is 0.394. The minimum atomic E-state index is -0.414. The van der Waals surface area contributed by atoms with Crippen LogP contribution in [-0.2, 0) is 6.54 Å². The van der Waals surface area contributed by atoms with Crippen molar-refractivity contribution in [3.8, 4) is 11.5 Å². The molecule has 2 aliphatic rings. The van der Waals surface area contributed by atoms with Crippen LogP contribution < -0.4 is 4.74 Å². The standard InChI is InChI=1S/C33H39NO2/c1-5-6-9-23(2)28-19-30(35)32-29(21-33(3,4)36-31(32)20-28)26-14-16-34(17-15-26)22-24-12-13-25-10-7-8-11-27(25)18-24/h7-8,10-14,18-21,23,35H,5-6,9,15-17,22H2,1-4H3. The number of hydrogen-bond donors (Lipinski definition) is 1. The van der Waals surface area contributed by atoms with E-state index in [2.05, 4.69) is 93.3 Å². The van der Waals surface area contributed by atoms with Crippen LogP contribution in [0.3, 0.4) is 0 Å². The predicted octanol–water partition coefficient (Wildman–Crippen LogP) is 8.23. The van der Waals surface area contributed by atoms with Crippen LogP contribution in [0.15, 0.2) is 72.3 Å². The number of ether oxygens (including phenoxy) is 1. The smallest absolute Gasteiger partial charge is 0.132 e. The summed E-state index contributed by atoms with van der Waals surface area (Å²) in [6, 6.07) is 19.5. The topological polar surface area (TPSA) is 32.7 Å². The SMILES string of the molecule is CCCCC(C)c1cc(O)c2c(c1)OC(C)(C)C=C2C1=CCN(Cc2ccc3ccccc3c2)CC1. The maximum absolute atomic E-state index is 11.2. The van der Waals surface area contributed by atoms with Gasteiger partial charge >= 0.3 is 0 Å². The van der Waals surface area contributed by atoms with Crippen LogP contribution >= 0.6 is 0 Å². The first-order valence-corrected chi connectivity index (χ1v) is 13.5. The maximum atomic E-state index is 11.2. The zero-order valence-electron chi connectivity index (χ0n) is 22.2. The van der Waals surface area contributed by atoms with E-state index >= 15 is 0 Å². The van der Waals surface area contributed by atoms with E-state index in [0.29, 0.717) is 11.7 Å². The molecule has 0 bridgehead atoms. The van der Waals surface area contributed by atoms with E-state index in [4.69, 9.17) is 4.74 Å². The molecule has 0 aromatic heterocycles. The first-order chi connectivity index (χ1) is 17.3. The highest BCUT2D eigenvalue weighted by Gasteiger charge is 2.32. The minimum absolute atomic E-state index is 0.340. The Morgan fingerprint density at radius 1 is 1.06 bits per heavy atom. The molecule has 188 valence electrons. The first-order valence-electron chi connectivity index (χ1n) is 13.5. The van der Waals surface area contributed by atoms with Gasteiger partial charge in [0.2, 0.25) is 0 Å². The molecule has 3 heteroatoms. The molecule has 2 aliphatic heterocycles. The van der Waals surface area contributed by atoms with Crippen molar-refractivity contribution in [1.82, 2.24) is 4.90 Å². The Balaban J connectivity index is 1.37. The molecule has 36 heavy (non-hydrogen) atoms. The van der Waals surface area contributed by atoms with Gasteiger partial charge in [0.05, 0.1) is 5.56 Å². The number of nitrogens with zero attached hydrogens (tertiary/aromatic N) is 1. The Morgan fingerprint density at radius 2 is 1.86 bits per heavy atom. The fourth-order valence-electron chi connectivity index (χ4n) is 5.61. The molecule has 2 heterocycles. The molecule has 0 saturated carbocycles. The van der Waals surface area contributed by atoms with Crippen molar-refractivity contribution in [2.45, 2.75) is 71.4 Å². The van der Waals surface area contributed by atoms with Crippen LogP contribution in [0, 0.1) is 0 Å². The Labute approximate surface area is 216 Å². The highest BCUT2D eigenvalue weighted by atomic mass is 16.5. The highest BCUT2D eigenvalue weighted by Crippen LogP contribution is 2.47. The second kappa shape index (κ2) is 10.1. The molecule has 1 N–H and O–H groups in total. The molecule has 0 fully saturated rings. The molecule has 3 nitrogen and oxygen atoms in total. The van der Waals surface area contributed by atoms with Gasteiger partial charge in [0.25, 0.3) is 0 Å². The average Bonchev–Trinajstić information content (AvgIpc) is 2.86. The summed E-state index contributed by atoms with van der Waals surface area (Å²) >= 11 is 0. The molecular weight excluding hydrogens is 442 g/mol.